The zero-order valence-corrected chi connectivity index (χ0v) is 14.7. The second-order valence-corrected chi connectivity index (χ2v) is 5.62. The fraction of sp³-hybridized carbons (Fsp3) is 0.350. The van der Waals surface area contributed by atoms with Gasteiger partial charge in [-0.25, -0.2) is 0 Å². The van der Waals surface area contributed by atoms with Crippen molar-refractivity contribution in [2.24, 2.45) is 4.99 Å². The van der Waals surface area contributed by atoms with Gasteiger partial charge in [-0.1, -0.05) is 30.3 Å². The summed E-state index contributed by atoms with van der Waals surface area (Å²) in [4.78, 5) is 4.58. The summed E-state index contributed by atoms with van der Waals surface area (Å²) < 4.78 is 5.66. The van der Waals surface area contributed by atoms with E-state index in [0.717, 1.165) is 37.6 Å². The number of guanidine groups is 1. The summed E-state index contributed by atoms with van der Waals surface area (Å²) in [5.74, 6) is 1.99. The summed E-state index contributed by atoms with van der Waals surface area (Å²) >= 11 is 0. The molecule has 0 bridgehead atoms. The molecular formula is C20H27N3O2. The number of rotatable bonds is 9. The normalized spacial score (nSPS) is 11.2. The van der Waals surface area contributed by atoms with E-state index < -0.39 is 0 Å². The fourth-order valence-corrected chi connectivity index (χ4v) is 2.33. The molecule has 0 aromatic heterocycles. The fourth-order valence-electron chi connectivity index (χ4n) is 2.33. The molecule has 0 aliphatic rings. The first kappa shape index (κ1) is 18.6. The van der Waals surface area contributed by atoms with Gasteiger partial charge in [-0.05, 0) is 49.6 Å². The quantitative estimate of drug-likeness (QED) is 0.373. The van der Waals surface area contributed by atoms with Crippen LogP contribution in [-0.4, -0.2) is 37.3 Å². The number of ether oxygens (including phenoxy) is 1. The molecule has 0 fully saturated rings. The van der Waals surface area contributed by atoms with Crippen LogP contribution < -0.4 is 15.4 Å². The van der Waals surface area contributed by atoms with Crippen LogP contribution in [0.1, 0.15) is 18.9 Å². The number of phenols is 1. The summed E-state index contributed by atoms with van der Waals surface area (Å²) in [5, 5.41) is 15.8. The average Bonchev–Trinajstić information content (AvgIpc) is 2.64. The van der Waals surface area contributed by atoms with Crippen LogP contribution in [0.3, 0.4) is 0 Å². The highest BCUT2D eigenvalue weighted by Gasteiger charge is 1.98. The van der Waals surface area contributed by atoms with Gasteiger partial charge >= 0.3 is 0 Å². The van der Waals surface area contributed by atoms with Crippen molar-refractivity contribution < 1.29 is 9.84 Å². The monoisotopic (exact) mass is 341 g/mol. The molecule has 0 spiro atoms. The van der Waals surface area contributed by atoms with Crippen LogP contribution in [0.25, 0.3) is 0 Å². The minimum Gasteiger partial charge on any atom is -0.508 e. The molecule has 25 heavy (non-hydrogen) atoms. The first-order valence-corrected chi connectivity index (χ1v) is 8.76. The molecule has 0 aliphatic carbocycles. The van der Waals surface area contributed by atoms with E-state index in [1.165, 1.54) is 5.56 Å². The van der Waals surface area contributed by atoms with Gasteiger partial charge in [0.15, 0.2) is 5.96 Å². The van der Waals surface area contributed by atoms with Gasteiger partial charge in [0.25, 0.3) is 0 Å². The van der Waals surface area contributed by atoms with Crippen molar-refractivity contribution in [3.8, 4) is 11.5 Å². The molecule has 0 heterocycles. The van der Waals surface area contributed by atoms with Gasteiger partial charge in [0.2, 0.25) is 0 Å². The van der Waals surface area contributed by atoms with Crippen LogP contribution in [0.5, 0.6) is 11.5 Å². The molecule has 2 rings (SSSR count). The lowest BCUT2D eigenvalue weighted by Crippen LogP contribution is -2.39. The maximum Gasteiger partial charge on any atom is 0.191 e. The third-order valence-electron chi connectivity index (χ3n) is 3.58. The molecule has 0 aliphatic heterocycles. The van der Waals surface area contributed by atoms with Gasteiger partial charge in [-0.2, -0.15) is 0 Å². The number of aryl methyl sites for hydroxylation is 1. The molecule has 0 atom stereocenters. The van der Waals surface area contributed by atoms with E-state index in [9.17, 15) is 5.11 Å². The third-order valence-corrected chi connectivity index (χ3v) is 3.58. The molecule has 0 radical (unpaired) electrons. The first-order chi connectivity index (χ1) is 12.3. The Balaban J connectivity index is 1.67. The number of hydrogen-bond acceptors (Lipinski definition) is 3. The van der Waals surface area contributed by atoms with Crippen molar-refractivity contribution in [3.63, 3.8) is 0 Å². The molecule has 5 heteroatoms. The van der Waals surface area contributed by atoms with E-state index in [-0.39, 0.29) is 0 Å². The molecule has 2 aromatic carbocycles. The lowest BCUT2D eigenvalue weighted by Gasteiger charge is -2.12. The second kappa shape index (κ2) is 11.0. The van der Waals surface area contributed by atoms with Crippen LogP contribution in [0.2, 0.25) is 0 Å². The molecule has 3 N–H and O–H groups in total. The number of nitrogens with one attached hydrogen (secondary N) is 2. The van der Waals surface area contributed by atoms with Crippen LogP contribution in [0.4, 0.5) is 0 Å². The Morgan fingerprint density at radius 3 is 2.52 bits per heavy atom. The van der Waals surface area contributed by atoms with Gasteiger partial charge in [-0.3, -0.25) is 4.99 Å². The van der Waals surface area contributed by atoms with Crippen LogP contribution >= 0.6 is 0 Å². The summed E-state index contributed by atoms with van der Waals surface area (Å²) in [6.45, 7) is 4.90. The minimum absolute atomic E-state index is 0.304. The standard InChI is InChI=1S/C20H27N3O2/c1-2-21-20(23-15-16-25-19-8-4-3-5-9-19)22-14-6-7-17-10-12-18(24)13-11-17/h3-5,8-13,24H,2,6-7,14-16H2,1H3,(H2,21,22,23). The number of phenolic OH excluding ortho intramolecular Hbond substituents is 1. The average molecular weight is 341 g/mol. The number of nitrogens with zero attached hydrogens (tertiary/aromatic N) is 1. The zero-order valence-electron chi connectivity index (χ0n) is 14.7. The zero-order chi connectivity index (χ0) is 17.7. The van der Waals surface area contributed by atoms with Crippen LogP contribution in [0.15, 0.2) is 59.6 Å². The van der Waals surface area contributed by atoms with Gasteiger partial charge < -0.3 is 20.5 Å². The predicted molar refractivity (Wildman–Crippen MR) is 102 cm³/mol. The Morgan fingerprint density at radius 2 is 1.80 bits per heavy atom. The topological polar surface area (TPSA) is 65.9 Å². The Bertz CT molecular complexity index is 627. The summed E-state index contributed by atoms with van der Waals surface area (Å²) in [5.41, 5.74) is 1.21. The molecule has 134 valence electrons. The highest BCUT2D eigenvalue weighted by Crippen LogP contribution is 2.11. The number of para-hydroxylation sites is 1. The lowest BCUT2D eigenvalue weighted by molar-refractivity contribution is 0.322. The predicted octanol–water partition coefficient (Wildman–Crippen LogP) is 2.96. The van der Waals surface area contributed by atoms with Gasteiger partial charge in [0.1, 0.15) is 18.1 Å². The van der Waals surface area contributed by atoms with Crippen molar-refractivity contribution in [2.45, 2.75) is 19.8 Å². The lowest BCUT2D eigenvalue weighted by atomic mass is 10.1. The molecule has 5 nitrogen and oxygen atoms in total. The largest absolute Gasteiger partial charge is 0.508 e. The highest BCUT2D eigenvalue weighted by molar-refractivity contribution is 5.79. The van der Waals surface area contributed by atoms with Crippen molar-refractivity contribution >= 4 is 5.96 Å². The van der Waals surface area contributed by atoms with E-state index >= 15 is 0 Å². The third kappa shape index (κ3) is 7.61. The van der Waals surface area contributed by atoms with Crippen molar-refractivity contribution in [3.05, 3.63) is 60.2 Å². The first-order valence-electron chi connectivity index (χ1n) is 8.76. The van der Waals surface area contributed by atoms with Crippen molar-refractivity contribution in [1.29, 1.82) is 0 Å². The van der Waals surface area contributed by atoms with E-state index in [1.807, 2.05) is 49.4 Å². The molecule has 0 saturated heterocycles. The number of aliphatic imine (C=N–C) groups is 1. The minimum atomic E-state index is 0.304. The Hall–Kier alpha value is -2.69. The Kier molecular flexibility index (Phi) is 8.18. The second-order valence-electron chi connectivity index (χ2n) is 5.62. The number of aromatic hydroxyl groups is 1. The molecule has 2 aromatic rings. The smallest absolute Gasteiger partial charge is 0.191 e. The summed E-state index contributed by atoms with van der Waals surface area (Å²) in [6, 6.07) is 17.1. The van der Waals surface area contributed by atoms with Gasteiger partial charge in [0.05, 0.1) is 6.54 Å². The van der Waals surface area contributed by atoms with Crippen molar-refractivity contribution in [1.82, 2.24) is 10.6 Å². The molecular weight excluding hydrogens is 314 g/mol. The number of benzene rings is 2. The molecule has 0 unspecified atom stereocenters. The maximum atomic E-state index is 9.29. The van der Waals surface area contributed by atoms with Gasteiger partial charge in [-0.15, -0.1) is 0 Å². The maximum absolute atomic E-state index is 9.29. The Morgan fingerprint density at radius 1 is 1.04 bits per heavy atom. The summed E-state index contributed by atoms with van der Waals surface area (Å²) in [6.07, 6.45) is 1.90. The van der Waals surface area contributed by atoms with Crippen LogP contribution in [0, 0.1) is 0 Å². The highest BCUT2D eigenvalue weighted by atomic mass is 16.5. The Labute approximate surface area is 149 Å². The van der Waals surface area contributed by atoms with Gasteiger partial charge in [0, 0.05) is 13.1 Å². The SMILES string of the molecule is CCNC(=NCCCc1ccc(O)cc1)NCCOc1ccccc1. The van der Waals surface area contributed by atoms with E-state index in [2.05, 4.69) is 15.6 Å². The molecule has 0 amide bonds. The summed E-state index contributed by atoms with van der Waals surface area (Å²) in [7, 11) is 0. The number of hydrogen-bond donors (Lipinski definition) is 3. The van der Waals surface area contributed by atoms with Crippen LogP contribution in [-0.2, 0) is 6.42 Å². The van der Waals surface area contributed by atoms with E-state index in [1.54, 1.807) is 12.1 Å². The van der Waals surface area contributed by atoms with E-state index in [4.69, 9.17) is 4.74 Å². The van der Waals surface area contributed by atoms with E-state index in [0.29, 0.717) is 18.9 Å². The molecule has 0 saturated carbocycles. The van der Waals surface area contributed by atoms with Crippen molar-refractivity contribution in [2.75, 3.05) is 26.2 Å².